The highest BCUT2D eigenvalue weighted by Crippen LogP contribution is 2.33. The Morgan fingerprint density at radius 3 is 2.09 bits per heavy atom. The number of hydrogen-bond acceptors (Lipinski definition) is 5. The molecule has 1 atom stereocenters. The summed E-state index contributed by atoms with van der Waals surface area (Å²) in [6, 6.07) is 20.2. The van der Waals surface area contributed by atoms with Gasteiger partial charge >= 0.3 is 6.03 Å². The van der Waals surface area contributed by atoms with Crippen LogP contribution in [0.15, 0.2) is 71.5 Å². The number of para-hydroxylation sites is 2. The van der Waals surface area contributed by atoms with Crippen molar-refractivity contribution in [3.8, 4) is 11.4 Å². The molecule has 8 nitrogen and oxygen atoms in total. The predicted molar refractivity (Wildman–Crippen MR) is 176 cm³/mol. The Morgan fingerprint density at radius 1 is 0.884 bits per heavy atom. The molecule has 8 heteroatoms. The molecule has 0 aliphatic carbocycles. The van der Waals surface area contributed by atoms with Crippen LogP contribution in [0.3, 0.4) is 0 Å². The number of nitrogens with one attached hydrogen (secondary N) is 1. The molecule has 228 valence electrons. The number of amides is 2. The highest BCUT2D eigenvalue weighted by Gasteiger charge is 2.28. The molecule has 0 fully saturated rings. The third-order valence-corrected chi connectivity index (χ3v) is 7.70. The number of carbonyl (C=O) groups excluding carboxylic acids is 1. The van der Waals surface area contributed by atoms with Crippen molar-refractivity contribution in [2.24, 2.45) is 0 Å². The van der Waals surface area contributed by atoms with Crippen LogP contribution < -0.4 is 15.6 Å². The number of likely N-dealkylation sites (N-methyl/N-ethyl adjacent to an activating group) is 1. The lowest BCUT2D eigenvalue weighted by atomic mass is 9.92. The van der Waals surface area contributed by atoms with Crippen molar-refractivity contribution >= 4 is 22.6 Å². The summed E-state index contributed by atoms with van der Waals surface area (Å²) in [5.41, 5.74) is 4.11. The highest BCUT2D eigenvalue weighted by molar-refractivity contribution is 5.92. The van der Waals surface area contributed by atoms with Gasteiger partial charge in [0.05, 0.1) is 29.2 Å². The van der Waals surface area contributed by atoms with Crippen molar-refractivity contribution in [1.82, 2.24) is 19.4 Å². The summed E-state index contributed by atoms with van der Waals surface area (Å²) >= 11 is 0. The molecule has 0 radical (unpaired) electrons. The first-order chi connectivity index (χ1) is 20.5. The lowest BCUT2D eigenvalue weighted by Gasteiger charge is -2.32. The van der Waals surface area contributed by atoms with Gasteiger partial charge in [0.2, 0.25) is 0 Å². The average molecular weight is 584 g/mol. The maximum absolute atomic E-state index is 14.3. The second-order valence-electron chi connectivity index (χ2n) is 11.8. The van der Waals surface area contributed by atoms with Gasteiger partial charge in [-0.1, -0.05) is 58.0 Å². The Hall–Kier alpha value is -4.17. The molecule has 0 saturated heterocycles. The van der Waals surface area contributed by atoms with Gasteiger partial charge in [-0.05, 0) is 87.3 Å². The number of benzene rings is 3. The number of aromatic nitrogens is 2. The first kappa shape index (κ1) is 31.8. The van der Waals surface area contributed by atoms with E-state index in [0.29, 0.717) is 42.1 Å². The van der Waals surface area contributed by atoms with E-state index in [2.05, 4.69) is 51.2 Å². The number of rotatable bonds is 11. The van der Waals surface area contributed by atoms with Crippen LogP contribution in [0, 0.1) is 0 Å². The second kappa shape index (κ2) is 13.9. The van der Waals surface area contributed by atoms with Crippen LogP contribution in [0.4, 0.5) is 10.5 Å². The lowest BCUT2D eigenvalue weighted by molar-refractivity contribution is 0.181. The van der Waals surface area contributed by atoms with Gasteiger partial charge in [0.25, 0.3) is 5.56 Å². The fourth-order valence-corrected chi connectivity index (χ4v) is 5.33. The zero-order valence-electron chi connectivity index (χ0n) is 26.7. The zero-order valence-corrected chi connectivity index (χ0v) is 26.7. The van der Waals surface area contributed by atoms with Gasteiger partial charge in [-0.2, -0.15) is 0 Å². The van der Waals surface area contributed by atoms with E-state index in [-0.39, 0.29) is 23.4 Å². The number of hydrogen-bond donors (Lipinski definition) is 1. The highest BCUT2D eigenvalue weighted by atomic mass is 16.5. The van der Waals surface area contributed by atoms with E-state index in [1.165, 1.54) is 0 Å². The molecule has 1 N–H and O–H groups in total. The SMILES string of the molecule is CCOc1ccc(-n2c(C(C)N(CCN(C)C)C(=O)Nc3c(C(C)C)cccc3C(C)C)nc3ccccc3c2=O)cc1. The van der Waals surface area contributed by atoms with E-state index in [4.69, 9.17) is 9.72 Å². The third-order valence-electron chi connectivity index (χ3n) is 7.70. The molecule has 1 unspecified atom stereocenters. The van der Waals surface area contributed by atoms with Gasteiger partial charge in [-0.15, -0.1) is 0 Å². The quantitative estimate of drug-likeness (QED) is 0.202. The monoisotopic (exact) mass is 583 g/mol. The Kier molecular flexibility index (Phi) is 10.2. The van der Waals surface area contributed by atoms with Crippen molar-refractivity contribution in [2.75, 3.05) is 39.1 Å². The number of nitrogens with zero attached hydrogens (tertiary/aromatic N) is 4. The summed E-state index contributed by atoms with van der Waals surface area (Å²) in [6.07, 6.45) is 0. The van der Waals surface area contributed by atoms with E-state index in [9.17, 15) is 9.59 Å². The van der Waals surface area contributed by atoms with E-state index < -0.39 is 6.04 Å². The topological polar surface area (TPSA) is 79.7 Å². The van der Waals surface area contributed by atoms with Crippen LogP contribution in [-0.4, -0.2) is 59.2 Å². The smallest absolute Gasteiger partial charge is 0.322 e. The number of ether oxygens (including phenoxy) is 1. The molecular weight excluding hydrogens is 538 g/mol. The first-order valence-corrected chi connectivity index (χ1v) is 15.1. The van der Waals surface area contributed by atoms with Crippen molar-refractivity contribution < 1.29 is 9.53 Å². The predicted octanol–water partition coefficient (Wildman–Crippen LogP) is 7.19. The van der Waals surface area contributed by atoms with Crippen molar-refractivity contribution in [3.05, 3.63) is 94.0 Å². The minimum atomic E-state index is -0.530. The van der Waals surface area contributed by atoms with Crippen LogP contribution in [0.1, 0.15) is 76.4 Å². The van der Waals surface area contributed by atoms with Gasteiger partial charge in [0, 0.05) is 18.8 Å². The average Bonchev–Trinajstić information content (AvgIpc) is 2.97. The Bertz CT molecular complexity index is 1580. The molecule has 43 heavy (non-hydrogen) atoms. The molecule has 0 spiro atoms. The first-order valence-electron chi connectivity index (χ1n) is 15.1. The van der Waals surface area contributed by atoms with E-state index in [1.54, 1.807) is 15.5 Å². The third kappa shape index (κ3) is 7.08. The zero-order chi connectivity index (χ0) is 31.3. The van der Waals surface area contributed by atoms with Crippen LogP contribution in [0.5, 0.6) is 5.75 Å². The number of fused-ring (bicyclic) bond motifs is 1. The Balaban J connectivity index is 1.85. The van der Waals surface area contributed by atoms with Gasteiger partial charge in [-0.25, -0.2) is 9.78 Å². The summed E-state index contributed by atoms with van der Waals surface area (Å²) in [7, 11) is 3.96. The van der Waals surface area contributed by atoms with E-state index in [1.807, 2.05) is 75.3 Å². The number of anilines is 1. The maximum Gasteiger partial charge on any atom is 0.322 e. The molecule has 3 aromatic carbocycles. The van der Waals surface area contributed by atoms with E-state index in [0.717, 1.165) is 22.6 Å². The summed E-state index contributed by atoms with van der Waals surface area (Å²) in [4.78, 5) is 37.1. The molecule has 0 aliphatic heterocycles. The maximum atomic E-state index is 14.3. The van der Waals surface area contributed by atoms with Gasteiger partial charge in [0.1, 0.15) is 11.6 Å². The van der Waals surface area contributed by atoms with E-state index >= 15 is 0 Å². The van der Waals surface area contributed by atoms with Gasteiger partial charge < -0.3 is 19.9 Å². The molecule has 1 heterocycles. The summed E-state index contributed by atoms with van der Waals surface area (Å²) in [6.45, 7) is 14.0. The van der Waals surface area contributed by atoms with Gasteiger partial charge in [0.15, 0.2) is 0 Å². The fraction of sp³-hybridized carbons (Fsp3) is 0.400. The fourth-order valence-electron chi connectivity index (χ4n) is 5.33. The number of carbonyl (C=O) groups is 1. The summed E-state index contributed by atoms with van der Waals surface area (Å²) < 4.78 is 7.26. The minimum absolute atomic E-state index is 0.183. The Labute approximate surface area is 255 Å². The molecule has 2 amide bonds. The molecule has 0 saturated carbocycles. The minimum Gasteiger partial charge on any atom is -0.494 e. The largest absolute Gasteiger partial charge is 0.494 e. The molecule has 4 aromatic rings. The van der Waals surface area contributed by atoms with Crippen molar-refractivity contribution in [3.63, 3.8) is 0 Å². The molecule has 0 bridgehead atoms. The number of urea groups is 1. The van der Waals surface area contributed by atoms with Crippen LogP contribution in [0.2, 0.25) is 0 Å². The summed E-state index contributed by atoms with van der Waals surface area (Å²) in [5, 5.41) is 3.80. The standard InChI is InChI=1S/C35H45N5O3/c1-9-43-27-19-17-26(18-20-27)40-33(36-31-16-11-10-13-30(31)34(40)41)25(6)39(22-21-38(7)8)35(42)37-32-28(23(2)3)14-12-15-29(32)24(4)5/h10-20,23-25H,9,21-22H2,1-8H3,(H,37,42). The molecule has 1 aromatic heterocycles. The van der Waals surface area contributed by atoms with Crippen molar-refractivity contribution in [2.45, 2.75) is 59.4 Å². The molecular formula is C35H45N5O3. The van der Waals surface area contributed by atoms with Crippen LogP contribution in [0.25, 0.3) is 16.6 Å². The lowest BCUT2D eigenvalue weighted by Crippen LogP contribution is -2.43. The summed E-state index contributed by atoms with van der Waals surface area (Å²) in [5.74, 6) is 1.67. The Morgan fingerprint density at radius 2 is 1.51 bits per heavy atom. The van der Waals surface area contributed by atoms with Crippen LogP contribution >= 0.6 is 0 Å². The molecule has 0 aliphatic rings. The van der Waals surface area contributed by atoms with Crippen molar-refractivity contribution in [1.29, 1.82) is 0 Å². The molecule has 4 rings (SSSR count). The normalized spacial score (nSPS) is 12.3. The van der Waals surface area contributed by atoms with Crippen LogP contribution in [-0.2, 0) is 0 Å². The van der Waals surface area contributed by atoms with Gasteiger partial charge in [-0.3, -0.25) is 9.36 Å². The second-order valence-corrected chi connectivity index (χ2v) is 11.8.